The molecule has 1 aliphatic heterocycles. The minimum absolute atomic E-state index is 0.224. The van der Waals surface area contributed by atoms with Gasteiger partial charge in [-0.2, -0.15) is 0 Å². The van der Waals surface area contributed by atoms with Gasteiger partial charge in [-0.1, -0.05) is 34.1 Å². The van der Waals surface area contributed by atoms with Gasteiger partial charge >= 0.3 is 0 Å². The number of halogens is 1. The largest absolute Gasteiger partial charge is 0.388 e. The van der Waals surface area contributed by atoms with E-state index in [2.05, 4.69) is 40.2 Å². The van der Waals surface area contributed by atoms with E-state index in [1.807, 2.05) is 12.1 Å². The predicted molar refractivity (Wildman–Crippen MR) is 80.2 cm³/mol. The topological polar surface area (TPSA) is 29.5 Å². The average Bonchev–Trinajstić information content (AvgIpc) is 2.47. The molecule has 100 valence electrons. The Morgan fingerprint density at radius 1 is 1.16 bits per heavy atom. The number of aliphatic hydroxyl groups is 1. The molecule has 0 spiro atoms. The third-order valence-corrected chi connectivity index (χ3v) is 4.30. The molecule has 1 aliphatic rings. The highest BCUT2D eigenvalue weighted by Crippen LogP contribution is 2.31. The Balaban J connectivity index is 1.89. The lowest BCUT2D eigenvalue weighted by Crippen LogP contribution is -2.23. The fourth-order valence-corrected chi connectivity index (χ4v) is 3.08. The second-order valence-corrected chi connectivity index (χ2v) is 6.09. The molecule has 1 fully saturated rings. The Morgan fingerprint density at radius 3 is 2.74 bits per heavy atom. The fourth-order valence-electron chi connectivity index (χ4n) is 2.71. The summed E-state index contributed by atoms with van der Waals surface area (Å²) in [6.45, 7) is 1.49. The molecule has 2 aromatic rings. The van der Waals surface area contributed by atoms with Crippen molar-refractivity contribution in [2.75, 3.05) is 13.2 Å². The third-order valence-electron chi connectivity index (χ3n) is 3.81. The van der Waals surface area contributed by atoms with Gasteiger partial charge in [-0.3, -0.25) is 0 Å². The van der Waals surface area contributed by atoms with E-state index in [1.165, 1.54) is 5.39 Å². The van der Waals surface area contributed by atoms with Gasteiger partial charge in [0.1, 0.15) is 0 Å². The maximum absolute atomic E-state index is 10.5. The highest BCUT2D eigenvalue weighted by atomic mass is 79.9. The first-order valence-corrected chi connectivity index (χ1v) is 7.48. The Morgan fingerprint density at radius 2 is 1.95 bits per heavy atom. The second-order valence-electron chi connectivity index (χ2n) is 5.17. The fraction of sp³-hybridized carbons (Fsp3) is 0.375. The van der Waals surface area contributed by atoms with Crippen LogP contribution in [-0.4, -0.2) is 18.3 Å². The molecule has 2 aromatic carbocycles. The molecule has 3 rings (SSSR count). The summed E-state index contributed by atoms with van der Waals surface area (Å²) in [4.78, 5) is 0. The van der Waals surface area contributed by atoms with Gasteiger partial charge in [-0.05, 0) is 47.4 Å². The summed E-state index contributed by atoms with van der Waals surface area (Å²) in [5.41, 5.74) is 0.991. The number of hydrogen-bond acceptors (Lipinski definition) is 2. The molecule has 0 radical (unpaired) electrons. The van der Waals surface area contributed by atoms with Gasteiger partial charge in [-0.25, -0.2) is 0 Å². The molecule has 3 heteroatoms. The molecule has 19 heavy (non-hydrogen) atoms. The number of fused-ring (bicyclic) bond motifs is 1. The van der Waals surface area contributed by atoms with E-state index in [9.17, 15) is 5.11 Å². The summed E-state index contributed by atoms with van der Waals surface area (Å²) in [6, 6.07) is 12.4. The van der Waals surface area contributed by atoms with Crippen molar-refractivity contribution in [1.82, 2.24) is 0 Å². The van der Waals surface area contributed by atoms with Crippen LogP contribution in [0.2, 0.25) is 0 Å². The quantitative estimate of drug-likeness (QED) is 0.904. The molecule has 0 amide bonds. The standard InChI is InChI=1S/C16H17BrO2/c17-15-6-5-11-8-13(4-3-12(11)9-15)16(18)14-2-1-7-19-10-14/h3-6,8-9,14,16,18H,1-2,7,10H2. The summed E-state index contributed by atoms with van der Waals surface area (Å²) in [5.74, 6) is 0.224. The molecule has 2 nitrogen and oxygen atoms in total. The summed E-state index contributed by atoms with van der Waals surface area (Å²) in [5, 5.41) is 12.8. The van der Waals surface area contributed by atoms with E-state index in [1.54, 1.807) is 0 Å². The molecular weight excluding hydrogens is 304 g/mol. The van der Waals surface area contributed by atoms with E-state index >= 15 is 0 Å². The highest BCUT2D eigenvalue weighted by molar-refractivity contribution is 9.10. The zero-order chi connectivity index (χ0) is 13.2. The first-order valence-electron chi connectivity index (χ1n) is 6.69. The molecule has 2 atom stereocenters. The van der Waals surface area contributed by atoms with Crippen molar-refractivity contribution in [3.05, 3.63) is 46.4 Å². The molecule has 2 unspecified atom stereocenters. The van der Waals surface area contributed by atoms with Crippen LogP contribution in [0.3, 0.4) is 0 Å². The van der Waals surface area contributed by atoms with Gasteiger partial charge in [0, 0.05) is 17.0 Å². The van der Waals surface area contributed by atoms with Crippen molar-refractivity contribution in [3.8, 4) is 0 Å². The lowest BCUT2D eigenvalue weighted by Gasteiger charge is -2.27. The molecule has 0 bridgehead atoms. The number of hydrogen-bond donors (Lipinski definition) is 1. The number of ether oxygens (including phenoxy) is 1. The predicted octanol–water partition coefficient (Wildman–Crippen LogP) is 4.06. The molecule has 0 aromatic heterocycles. The van der Waals surface area contributed by atoms with E-state index in [4.69, 9.17) is 4.74 Å². The minimum atomic E-state index is -0.423. The lowest BCUT2D eigenvalue weighted by molar-refractivity contribution is -0.00991. The van der Waals surface area contributed by atoms with Gasteiger partial charge < -0.3 is 9.84 Å². The van der Waals surface area contributed by atoms with Gasteiger partial charge in [0.05, 0.1) is 12.7 Å². The zero-order valence-electron chi connectivity index (χ0n) is 10.7. The van der Waals surface area contributed by atoms with Crippen molar-refractivity contribution in [3.63, 3.8) is 0 Å². The van der Waals surface area contributed by atoms with E-state index in [0.717, 1.165) is 34.9 Å². The zero-order valence-corrected chi connectivity index (χ0v) is 12.3. The summed E-state index contributed by atoms with van der Waals surface area (Å²) in [6.07, 6.45) is 1.66. The van der Waals surface area contributed by atoms with Crippen molar-refractivity contribution in [1.29, 1.82) is 0 Å². The number of benzene rings is 2. The Labute approximate surface area is 121 Å². The Hall–Kier alpha value is -0.900. The van der Waals surface area contributed by atoms with Crippen LogP contribution < -0.4 is 0 Å². The third kappa shape index (κ3) is 2.83. The maximum Gasteiger partial charge on any atom is 0.0840 e. The van der Waals surface area contributed by atoms with Crippen LogP contribution in [0.4, 0.5) is 0 Å². The van der Waals surface area contributed by atoms with E-state index < -0.39 is 6.10 Å². The van der Waals surface area contributed by atoms with E-state index in [-0.39, 0.29) is 5.92 Å². The van der Waals surface area contributed by atoms with Crippen molar-refractivity contribution in [2.24, 2.45) is 5.92 Å². The summed E-state index contributed by atoms with van der Waals surface area (Å²) < 4.78 is 6.54. The minimum Gasteiger partial charge on any atom is -0.388 e. The van der Waals surface area contributed by atoms with Crippen LogP contribution in [0.25, 0.3) is 10.8 Å². The van der Waals surface area contributed by atoms with Gasteiger partial charge in [-0.15, -0.1) is 0 Å². The van der Waals surface area contributed by atoms with Crippen LogP contribution >= 0.6 is 15.9 Å². The Kier molecular flexibility index (Phi) is 3.87. The Bertz CT molecular complexity index is 576. The van der Waals surface area contributed by atoms with Crippen LogP contribution in [0.15, 0.2) is 40.9 Å². The smallest absolute Gasteiger partial charge is 0.0840 e. The van der Waals surface area contributed by atoms with Crippen molar-refractivity contribution >= 4 is 26.7 Å². The molecule has 0 aliphatic carbocycles. The maximum atomic E-state index is 10.5. The van der Waals surface area contributed by atoms with Crippen molar-refractivity contribution < 1.29 is 9.84 Å². The van der Waals surface area contributed by atoms with E-state index in [0.29, 0.717) is 6.61 Å². The first kappa shape index (κ1) is 13.1. The van der Waals surface area contributed by atoms with Gasteiger partial charge in [0.2, 0.25) is 0 Å². The first-order chi connectivity index (χ1) is 9.24. The van der Waals surface area contributed by atoms with Crippen LogP contribution in [0.1, 0.15) is 24.5 Å². The second kappa shape index (κ2) is 5.61. The van der Waals surface area contributed by atoms with Gasteiger partial charge in [0.25, 0.3) is 0 Å². The lowest BCUT2D eigenvalue weighted by atomic mass is 9.90. The molecule has 0 saturated carbocycles. The molecular formula is C16H17BrO2. The number of aliphatic hydroxyl groups excluding tert-OH is 1. The van der Waals surface area contributed by atoms with Crippen molar-refractivity contribution in [2.45, 2.75) is 18.9 Å². The summed E-state index contributed by atoms with van der Waals surface area (Å²) in [7, 11) is 0. The number of rotatable bonds is 2. The highest BCUT2D eigenvalue weighted by Gasteiger charge is 2.23. The normalized spacial score (nSPS) is 21.5. The summed E-state index contributed by atoms with van der Waals surface area (Å²) >= 11 is 3.48. The molecule has 1 saturated heterocycles. The SMILES string of the molecule is OC(c1ccc2cc(Br)ccc2c1)C1CCCOC1. The average molecular weight is 321 g/mol. The van der Waals surface area contributed by atoms with Gasteiger partial charge in [0.15, 0.2) is 0 Å². The molecule has 1 N–H and O–H groups in total. The van der Waals surface area contributed by atoms with Crippen LogP contribution in [0.5, 0.6) is 0 Å². The van der Waals surface area contributed by atoms with Crippen LogP contribution in [-0.2, 0) is 4.74 Å². The molecule has 1 heterocycles. The van der Waals surface area contributed by atoms with Crippen LogP contribution in [0, 0.1) is 5.92 Å². The monoisotopic (exact) mass is 320 g/mol.